The Balaban J connectivity index is 1.96. The molecule has 1 amide bonds. The Kier molecular flexibility index (Phi) is 3.28. The summed E-state index contributed by atoms with van der Waals surface area (Å²) < 4.78 is 0. The molecule has 1 saturated carbocycles. The van der Waals surface area contributed by atoms with Crippen LogP contribution in [0.5, 0.6) is 0 Å². The lowest BCUT2D eigenvalue weighted by atomic mass is 10.2. The second kappa shape index (κ2) is 4.71. The van der Waals surface area contributed by atoms with Crippen LogP contribution in [0.2, 0.25) is 0 Å². The smallest absolute Gasteiger partial charge is 0.260 e. The molecule has 0 aliphatic heterocycles. The van der Waals surface area contributed by atoms with Crippen LogP contribution in [-0.4, -0.2) is 23.5 Å². The first-order chi connectivity index (χ1) is 8.08. The zero-order valence-electron chi connectivity index (χ0n) is 9.82. The number of H-pyrrole nitrogens is 1. The first-order valence-corrected chi connectivity index (χ1v) is 5.81. The number of rotatable bonds is 4. The van der Waals surface area contributed by atoms with Gasteiger partial charge in [-0.25, -0.2) is 0 Å². The molecule has 0 saturated heterocycles. The van der Waals surface area contributed by atoms with Gasteiger partial charge in [0, 0.05) is 18.3 Å². The lowest BCUT2D eigenvalue weighted by Gasteiger charge is -2.11. The number of aromatic amines is 1. The van der Waals surface area contributed by atoms with E-state index in [0.29, 0.717) is 12.5 Å². The quantitative estimate of drug-likeness (QED) is 0.694. The molecule has 92 valence electrons. The molecule has 5 nitrogen and oxygen atoms in total. The van der Waals surface area contributed by atoms with Gasteiger partial charge >= 0.3 is 0 Å². The van der Waals surface area contributed by atoms with Crippen LogP contribution in [0, 0.1) is 12.8 Å². The maximum Gasteiger partial charge on any atom is 0.260 e. The van der Waals surface area contributed by atoms with Gasteiger partial charge in [-0.2, -0.15) is 0 Å². The van der Waals surface area contributed by atoms with Crippen LogP contribution in [0.15, 0.2) is 16.9 Å². The highest BCUT2D eigenvalue weighted by atomic mass is 16.2. The lowest BCUT2D eigenvalue weighted by Crippen LogP contribution is -2.40. The van der Waals surface area contributed by atoms with Crippen molar-refractivity contribution in [1.29, 1.82) is 0 Å². The molecule has 2 rings (SSSR count). The molecule has 1 aliphatic carbocycles. The fourth-order valence-electron chi connectivity index (χ4n) is 1.75. The number of carbonyl (C=O) groups is 1. The third-order valence-electron chi connectivity index (χ3n) is 3.03. The van der Waals surface area contributed by atoms with Gasteiger partial charge in [-0.3, -0.25) is 9.59 Å². The van der Waals surface area contributed by atoms with Gasteiger partial charge in [0.15, 0.2) is 0 Å². The molecular weight excluding hydrogens is 218 g/mol. The van der Waals surface area contributed by atoms with Gasteiger partial charge in [-0.1, -0.05) is 0 Å². The molecule has 1 aromatic heterocycles. The van der Waals surface area contributed by atoms with Crippen molar-refractivity contribution >= 4 is 5.91 Å². The average molecular weight is 235 g/mol. The van der Waals surface area contributed by atoms with E-state index in [2.05, 4.69) is 10.3 Å². The first-order valence-electron chi connectivity index (χ1n) is 5.81. The predicted molar refractivity (Wildman–Crippen MR) is 64.8 cm³/mol. The number of carbonyl (C=O) groups excluding carboxylic acids is 1. The molecule has 1 fully saturated rings. The summed E-state index contributed by atoms with van der Waals surface area (Å²) in [6, 6.07) is 3.24. The van der Waals surface area contributed by atoms with Gasteiger partial charge in [0.2, 0.25) is 0 Å². The molecule has 0 bridgehead atoms. The van der Waals surface area contributed by atoms with Crippen molar-refractivity contribution in [3.8, 4) is 0 Å². The molecule has 1 aromatic rings. The van der Waals surface area contributed by atoms with Gasteiger partial charge in [0.25, 0.3) is 11.5 Å². The molecule has 5 heteroatoms. The Morgan fingerprint density at radius 1 is 1.59 bits per heavy atom. The van der Waals surface area contributed by atoms with Crippen LogP contribution in [0.3, 0.4) is 0 Å². The second-order valence-corrected chi connectivity index (χ2v) is 4.60. The third-order valence-corrected chi connectivity index (χ3v) is 3.03. The Morgan fingerprint density at radius 2 is 2.29 bits per heavy atom. The molecule has 0 radical (unpaired) electrons. The van der Waals surface area contributed by atoms with Gasteiger partial charge in [-0.05, 0) is 37.8 Å². The number of hydrogen-bond acceptors (Lipinski definition) is 3. The molecular formula is C12H17N3O2. The SMILES string of the molecule is Cc1ccc(C(=O)NCC(N)C2CC2)c(=O)[nH]1. The van der Waals surface area contributed by atoms with E-state index in [4.69, 9.17) is 5.73 Å². The molecule has 4 N–H and O–H groups in total. The van der Waals surface area contributed by atoms with Crippen LogP contribution in [0.1, 0.15) is 28.9 Å². The van der Waals surface area contributed by atoms with E-state index in [1.165, 1.54) is 6.07 Å². The van der Waals surface area contributed by atoms with Crippen LogP contribution >= 0.6 is 0 Å². The highest BCUT2D eigenvalue weighted by Crippen LogP contribution is 2.31. The summed E-state index contributed by atoms with van der Waals surface area (Å²) in [5, 5.41) is 2.70. The fraction of sp³-hybridized carbons (Fsp3) is 0.500. The first kappa shape index (κ1) is 11.9. The monoisotopic (exact) mass is 235 g/mol. The Hall–Kier alpha value is -1.62. The van der Waals surface area contributed by atoms with Crippen molar-refractivity contribution in [2.45, 2.75) is 25.8 Å². The Bertz CT molecular complexity index is 477. The summed E-state index contributed by atoms with van der Waals surface area (Å²) >= 11 is 0. The van der Waals surface area contributed by atoms with Crippen molar-refractivity contribution in [3.63, 3.8) is 0 Å². The van der Waals surface area contributed by atoms with Crippen molar-refractivity contribution in [2.24, 2.45) is 11.7 Å². The molecule has 1 aliphatic rings. The molecule has 0 aromatic carbocycles. The van der Waals surface area contributed by atoms with E-state index in [9.17, 15) is 9.59 Å². The van der Waals surface area contributed by atoms with Crippen LogP contribution in [0.25, 0.3) is 0 Å². The molecule has 1 atom stereocenters. The van der Waals surface area contributed by atoms with Crippen LogP contribution in [0.4, 0.5) is 0 Å². The number of amides is 1. The Morgan fingerprint density at radius 3 is 2.88 bits per heavy atom. The molecule has 1 unspecified atom stereocenters. The predicted octanol–water partition coefficient (Wildman–Crippen LogP) is 0.150. The minimum atomic E-state index is -0.359. The van der Waals surface area contributed by atoms with E-state index in [1.54, 1.807) is 13.0 Å². The van der Waals surface area contributed by atoms with Crippen molar-refractivity contribution in [3.05, 3.63) is 33.7 Å². The summed E-state index contributed by atoms with van der Waals surface area (Å²) in [5.41, 5.74) is 6.38. The summed E-state index contributed by atoms with van der Waals surface area (Å²) in [6.07, 6.45) is 2.28. The van der Waals surface area contributed by atoms with E-state index in [-0.39, 0.29) is 23.1 Å². The second-order valence-electron chi connectivity index (χ2n) is 4.60. The van der Waals surface area contributed by atoms with Gasteiger partial charge < -0.3 is 16.0 Å². The molecule has 1 heterocycles. The minimum Gasteiger partial charge on any atom is -0.350 e. The van der Waals surface area contributed by atoms with Crippen molar-refractivity contribution in [1.82, 2.24) is 10.3 Å². The maximum atomic E-state index is 11.7. The van der Waals surface area contributed by atoms with Gasteiger partial charge in [0.05, 0.1) is 0 Å². The molecule has 0 spiro atoms. The fourth-order valence-corrected chi connectivity index (χ4v) is 1.75. The molecule has 17 heavy (non-hydrogen) atoms. The number of aryl methyl sites for hydroxylation is 1. The zero-order chi connectivity index (χ0) is 12.4. The van der Waals surface area contributed by atoms with Gasteiger partial charge in [0.1, 0.15) is 5.56 Å². The van der Waals surface area contributed by atoms with Crippen molar-refractivity contribution in [2.75, 3.05) is 6.54 Å². The van der Waals surface area contributed by atoms with E-state index >= 15 is 0 Å². The number of aromatic nitrogens is 1. The number of nitrogens with two attached hydrogens (primary N) is 1. The van der Waals surface area contributed by atoms with E-state index in [0.717, 1.165) is 18.5 Å². The van der Waals surface area contributed by atoms with E-state index in [1.807, 2.05) is 0 Å². The normalized spacial score (nSPS) is 16.6. The standard InChI is InChI=1S/C12H17N3O2/c1-7-2-5-9(12(17)15-7)11(16)14-6-10(13)8-3-4-8/h2,5,8,10H,3-4,6,13H2,1H3,(H,14,16)(H,15,17). The topological polar surface area (TPSA) is 88.0 Å². The minimum absolute atomic E-state index is 0.00322. The van der Waals surface area contributed by atoms with Gasteiger partial charge in [-0.15, -0.1) is 0 Å². The highest BCUT2D eigenvalue weighted by molar-refractivity contribution is 5.93. The third kappa shape index (κ3) is 2.94. The zero-order valence-corrected chi connectivity index (χ0v) is 9.82. The van der Waals surface area contributed by atoms with Crippen LogP contribution < -0.4 is 16.6 Å². The summed E-state index contributed by atoms with van der Waals surface area (Å²) in [5.74, 6) is 0.175. The summed E-state index contributed by atoms with van der Waals surface area (Å²) in [6.45, 7) is 2.20. The Labute approximate surface area is 99.4 Å². The number of hydrogen-bond donors (Lipinski definition) is 3. The average Bonchev–Trinajstić information content (AvgIpc) is 3.09. The number of pyridine rings is 1. The van der Waals surface area contributed by atoms with Crippen LogP contribution in [-0.2, 0) is 0 Å². The maximum absolute atomic E-state index is 11.7. The largest absolute Gasteiger partial charge is 0.350 e. The highest BCUT2D eigenvalue weighted by Gasteiger charge is 2.28. The van der Waals surface area contributed by atoms with E-state index < -0.39 is 0 Å². The lowest BCUT2D eigenvalue weighted by molar-refractivity contribution is 0.0949. The summed E-state index contributed by atoms with van der Waals surface area (Å²) in [7, 11) is 0. The summed E-state index contributed by atoms with van der Waals surface area (Å²) in [4.78, 5) is 25.9. The number of nitrogens with one attached hydrogen (secondary N) is 2. The van der Waals surface area contributed by atoms with Crippen molar-refractivity contribution < 1.29 is 4.79 Å².